The highest BCUT2D eigenvalue weighted by molar-refractivity contribution is 5.93. The summed E-state index contributed by atoms with van der Waals surface area (Å²) in [7, 11) is 3.19. The van der Waals surface area contributed by atoms with Crippen LogP contribution in [0.1, 0.15) is 13.8 Å². The van der Waals surface area contributed by atoms with Crippen LogP contribution in [-0.2, 0) is 4.79 Å². The number of methoxy groups -OCH3 is 1. The first kappa shape index (κ1) is 16.8. The summed E-state index contributed by atoms with van der Waals surface area (Å²) in [6, 6.07) is 6.68. The first-order valence-electron chi connectivity index (χ1n) is 6.73. The molecule has 0 radical (unpaired) electrons. The van der Waals surface area contributed by atoms with Crippen LogP contribution < -0.4 is 9.64 Å². The number of ether oxygens (including phenoxy) is 1. The quantitative estimate of drug-likeness (QED) is 0.874. The Kier molecular flexibility index (Phi) is 6.02. The number of urea groups is 1. The van der Waals surface area contributed by atoms with Gasteiger partial charge in [0.15, 0.2) is 0 Å². The fraction of sp³-hybridized carbons (Fsp3) is 0.467. The van der Waals surface area contributed by atoms with E-state index in [0.717, 1.165) is 0 Å². The van der Waals surface area contributed by atoms with E-state index in [1.54, 1.807) is 38.4 Å². The molecule has 0 saturated heterocycles. The highest BCUT2D eigenvalue weighted by Crippen LogP contribution is 2.19. The number of rotatable bonds is 6. The Bertz CT molecular complexity index is 485. The van der Waals surface area contributed by atoms with Crippen LogP contribution in [0.4, 0.5) is 10.5 Å². The predicted molar refractivity (Wildman–Crippen MR) is 80.8 cm³/mol. The lowest BCUT2D eigenvalue weighted by Gasteiger charge is -2.28. The van der Waals surface area contributed by atoms with Gasteiger partial charge in [-0.1, -0.05) is 13.8 Å². The van der Waals surface area contributed by atoms with Crippen molar-refractivity contribution in [2.24, 2.45) is 5.92 Å². The molecule has 21 heavy (non-hydrogen) atoms. The van der Waals surface area contributed by atoms with E-state index in [4.69, 9.17) is 9.84 Å². The number of amides is 2. The molecule has 1 N–H and O–H groups in total. The van der Waals surface area contributed by atoms with Crippen molar-refractivity contribution in [3.8, 4) is 5.75 Å². The van der Waals surface area contributed by atoms with Gasteiger partial charge in [0, 0.05) is 19.3 Å². The second-order valence-corrected chi connectivity index (χ2v) is 5.21. The maximum Gasteiger partial charge on any atom is 0.324 e. The fourth-order valence-corrected chi connectivity index (χ4v) is 1.94. The molecule has 116 valence electrons. The first-order valence-corrected chi connectivity index (χ1v) is 6.73. The normalized spacial score (nSPS) is 10.3. The van der Waals surface area contributed by atoms with Gasteiger partial charge in [-0.2, -0.15) is 0 Å². The smallest absolute Gasteiger partial charge is 0.324 e. The maximum atomic E-state index is 12.4. The molecule has 0 saturated carbocycles. The number of benzene rings is 1. The summed E-state index contributed by atoms with van der Waals surface area (Å²) in [5.41, 5.74) is 0.681. The number of aliphatic carboxylic acids is 1. The lowest BCUT2D eigenvalue weighted by molar-refractivity contribution is -0.137. The van der Waals surface area contributed by atoms with E-state index in [-0.39, 0.29) is 18.5 Å². The molecule has 0 aliphatic heterocycles. The number of anilines is 1. The van der Waals surface area contributed by atoms with Crippen molar-refractivity contribution in [3.05, 3.63) is 24.3 Å². The van der Waals surface area contributed by atoms with Gasteiger partial charge in [0.25, 0.3) is 0 Å². The average Bonchev–Trinajstić information content (AvgIpc) is 2.44. The molecule has 1 aromatic carbocycles. The molecule has 0 aliphatic rings. The highest BCUT2D eigenvalue weighted by Gasteiger charge is 2.22. The molecule has 0 unspecified atom stereocenters. The lowest BCUT2D eigenvalue weighted by atomic mass is 10.2. The van der Waals surface area contributed by atoms with Crippen molar-refractivity contribution in [1.82, 2.24) is 4.90 Å². The SMILES string of the molecule is COc1ccc(N(C)C(=O)N(CC(=O)O)CC(C)C)cc1. The number of carbonyl (C=O) groups excluding carboxylic acids is 1. The van der Waals surface area contributed by atoms with E-state index < -0.39 is 5.97 Å². The molecule has 1 aromatic rings. The van der Waals surface area contributed by atoms with Gasteiger partial charge in [0.2, 0.25) is 0 Å². The third-order valence-electron chi connectivity index (χ3n) is 2.93. The van der Waals surface area contributed by atoms with Gasteiger partial charge in [-0.3, -0.25) is 9.69 Å². The number of carboxylic acid groups (broad SMARTS) is 1. The summed E-state index contributed by atoms with van der Waals surface area (Å²) in [5.74, 6) is -0.131. The Balaban J connectivity index is 2.87. The Morgan fingerprint density at radius 2 is 1.81 bits per heavy atom. The second-order valence-electron chi connectivity index (χ2n) is 5.21. The highest BCUT2D eigenvalue weighted by atomic mass is 16.5. The zero-order valence-electron chi connectivity index (χ0n) is 12.9. The summed E-state index contributed by atoms with van der Waals surface area (Å²) in [6.45, 7) is 3.97. The number of carboxylic acids is 1. The van der Waals surface area contributed by atoms with Crippen LogP contribution in [0.25, 0.3) is 0 Å². The summed E-state index contributed by atoms with van der Waals surface area (Å²) >= 11 is 0. The van der Waals surface area contributed by atoms with E-state index >= 15 is 0 Å². The molecule has 6 heteroatoms. The van der Waals surface area contributed by atoms with Gasteiger partial charge >= 0.3 is 12.0 Å². The van der Waals surface area contributed by atoms with Crippen molar-refractivity contribution in [3.63, 3.8) is 0 Å². The van der Waals surface area contributed by atoms with Crippen molar-refractivity contribution in [1.29, 1.82) is 0 Å². The number of nitrogens with zero attached hydrogens (tertiary/aromatic N) is 2. The van der Waals surface area contributed by atoms with Gasteiger partial charge in [-0.25, -0.2) is 4.79 Å². The van der Waals surface area contributed by atoms with Crippen LogP contribution in [-0.4, -0.2) is 49.3 Å². The van der Waals surface area contributed by atoms with E-state index in [2.05, 4.69) is 0 Å². The first-order chi connectivity index (χ1) is 9.85. The molecular weight excluding hydrogens is 272 g/mol. The number of carbonyl (C=O) groups is 2. The van der Waals surface area contributed by atoms with Crippen LogP contribution in [0.3, 0.4) is 0 Å². The molecule has 0 aromatic heterocycles. The molecule has 1 rings (SSSR count). The summed E-state index contributed by atoms with van der Waals surface area (Å²) in [6.07, 6.45) is 0. The lowest BCUT2D eigenvalue weighted by Crippen LogP contribution is -2.45. The molecule has 6 nitrogen and oxygen atoms in total. The van der Waals surface area contributed by atoms with E-state index in [9.17, 15) is 9.59 Å². The summed E-state index contributed by atoms with van der Waals surface area (Å²) in [5, 5.41) is 8.94. The Labute approximate surface area is 124 Å². The van der Waals surface area contributed by atoms with E-state index in [0.29, 0.717) is 18.0 Å². The predicted octanol–water partition coefficient (Wildman–Crippen LogP) is 2.29. The summed E-state index contributed by atoms with van der Waals surface area (Å²) in [4.78, 5) is 26.1. The third kappa shape index (κ3) is 4.98. The number of hydrogen-bond acceptors (Lipinski definition) is 3. The largest absolute Gasteiger partial charge is 0.497 e. The maximum absolute atomic E-state index is 12.4. The minimum Gasteiger partial charge on any atom is -0.497 e. The van der Waals surface area contributed by atoms with Gasteiger partial charge in [-0.15, -0.1) is 0 Å². The Morgan fingerprint density at radius 3 is 2.24 bits per heavy atom. The minimum atomic E-state index is -1.02. The van der Waals surface area contributed by atoms with Crippen molar-refractivity contribution in [2.75, 3.05) is 32.1 Å². The monoisotopic (exact) mass is 294 g/mol. The zero-order valence-corrected chi connectivity index (χ0v) is 12.9. The number of hydrogen-bond donors (Lipinski definition) is 1. The van der Waals surface area contributed by atoms with Crippen LogP contribution in [0.15, 0.2) is 24.3 Å². The third-order valence-corrected chi connectivity index (χ3v) is 2.93. The molecule has 0 atom stereocenters. The Hall–Kier alpha value is -2.24. The van der Waals surface area contributed by atoms with Crippen molar-refractivity contribution < 1.29 is 19.4 Å². The van der Waals surface area contributed by atoms with Gasteiger partial charge in [-0.05, 0) is 30.2 Å². The minimum absolute atomic E-state index is 0.192. The van der Waals surface area contributed by atoms with Gasteiger partial charge < -0.3 is 14.7 Å². The second kappa shape index (κ2) is 7.52. The fourth-order valence-electron chi connectivity index (χ4n) is 1.94. The standard InChI is InChI=1S/C15H22N2O4/c1-11(2)9-17(10-14(18)19)15(20)16(3)12-5-7-13(21-4)8-6-12/h5-8,11H,9-10H2,1-4H3,(H,18,19). The van der Waals surface area contributed by atoms with Gasteiger partial charge in [0.1, 0.15) is 12.3 Å². The van der Waals surface area contributed by atoms with Gasteiger partial charge in [0.05, 0.1) is 7.11 Å². The molecule has 0 aliphatic carbocycles. The Morgan fingerprint density at radius 1 is 1.24 bits per heavy atom. The van der Waals surface area contributed by atoms with Crippen molar-refractivity contribution >= 4 is 17.7 Å². The van der Waals surface area contributed by atoms with Crippen LogP contribution in [0.5, 0.6) is 5.75 Å². The molecule has 0 heterocycles. The molecular formula is C15H22N2O4. The van der Waals surface area contributed by atoms with Crippen molar-refractivity contribution in [2.45, 2.75) is 13.8 Å². The molecule has 0 bridgehead atoms. The van der Waals surface area contributed by atoms with Crippen LogP contribution >= 0.6 is 0 Å². The molecule has 0 spiro atoms. The van der Waals surface area contributed by atoms with Crippen LogP contribution in [0.2, 0.25) is 0 Å². The van der Waals surface area contributed by atoms with E-state index in [1.807, 2.05) is 13.8 Å². The topological polar surface area (TPSA) is 70.1 Å². The van der Waals surface area contributed by atoms with E-state index in [1.165, 1.54) is 9.80 Å². The zero-order chi connectivity index (χ0) is 16.0. The van der Waals surface area contributed by atoms with Crippen LogP contribution in [0, 0.1) is 5.92 Å². The molecule has 2 amide bonds. The molecule has 0 fully saturated rings. The summed E-state index contributed by atoms with van der Waals surface area (Å²) < 4.78 is 5.07. The average molecular weight is 294 g/mol.